The molecule has 5 atom stereocenters. The van der Waals surface area contributed by atoms with Gasteiger partial charge in [0, 0.05) is 19.8 Å². The minimum absolute atomic E-state index is 0.210. The van der Waals surface area contributed by atoms with E-state index in [2.05, 4.69) is 0 Å². The molecule has 0 amide bonds. The molecule has 2 aliphatic rings. The molecule has 0 saturated carbocycles. The highest BCUT2D eigenvalue weighted by molar-refractivity contribution is 7.51. The molecule has 0 aliphatic carbocycles. The van der Waals surface area contributed by atoms with Crippen molar-refractivity contribution in [1.29, 1.82) is 0 Å². The van der Waals surface area contributed by atoms with Crippen LogP contribution in [0.2, 0.25) is 0 Å². The van der Waals surface area contributed by atoms with Crippen LogP contribution in [0.15, 0.2) is 0 Å². The molecule has 2 bridgehead atoms. The third-order valence-corrected chi connectivity index (χ3v) is 3.35. The molecule has 2 saturated heterocycles. The lowest BCUT2D eigenvalue weighted by Gasteiger charge is -2.30. The van der Waals surface area contributed by atoms with E-state index in [4.69, 9.17) is 26.6 Å². The summed E-state index contributed by atoms with van der Waals surface area (Å²) in [5.74, 6) is 0. The maximum Gasteiger partial charge on any atom is 0.325 e. The van der Waals surface area contributed by atoms with Gasteiger partial charge in [-0.3, -0.25) is 9.09 Å². The minimum Gasteiger partial charge on any atom is -0.381 e. The van der Waals surface area contributed by atoms with Gasteiger partial charge in [-0.05, 0) is 0 Å². The first-order chi connectivity index (χ1) is 7.38. The summed E-state index contributed by atoms with van der Waals surface area (Å²) < 4.78 is 32.3. The van der Waals surface area contributed by atoms with E-state index >= 15 is 0 Å². The Morgan fingerprint density at radius 3 is 2.88 bits per heavy atom. The van der Waals surface area contributed by atoms with E-state index in [9.17, 15) is 9.46 Å². The maximum atomic E-state index is 11.3. The fourth-order valence-electron chi connectivity index (χ4n) is 2.18. The van der Waals surface area contributed by atoms with Crippen LogP contribution in [0.1, 0.15) is 0 Å². The Kier molecular flexibility index (Phi) is 3.20. The number of rotatable bonds is 4. The Bertz CT molecular complexity index is 320. The zero-order valence-electron chi connectivity index (χ0n) is 9.16. The Morgan fingerprint density at radius 2 is 2.38 bits per heavy atom. The molecule has 0 spiro atoms. The van der Waals surface area contributed by atoms with Crippen molar-refractivity contribution in [3.8, 4) is 0 Å². The highest BCUT2D eigenvalue weighted by Gasteiger charge is 2.61. The number of hydrogen-bond acceptors (Lipinski definition) is 5. The molecule has 6 nitrogen and oxygen atoms in total. The average Bonchev–Trinajstić information content (AvgIpc) is 2.54. The van der Waals surface area contributed by atoms with Crippen molar-refractivity contribution in [2.45, 2.75) is 23.8 Å². The predicted molar refractivity (Wildman–Crippen MR) is 55.6 cm³/mol. The number of methoxy groups -OCH3 is 1. The summed E-state index contributed by atoms with van der Waals surface area (Å²) in [4.78, 5) is 9.25. The standard InChI is InChI=1S/C8H14BO6P/c1-12-3-8-4-13-5(7(9)14-8)6(8)15-16(2,10)11/h5-7H,3-4H2,1-2H3,(H,10,11)/t5?,6?,7-,8-/m1/s1. The summed E-state index contributed by atoms with van der Waals surface area (Å²) in [6.45, 7) is 1.59. The summed E-state index contributed by atoms with van der Waals surface area (Å²) in [5, 5.41) is 0. The minimum atomic E-state index is -3.61. The second-order valence-corrected chi connectivity index (χ2v) is 6.00. The van der Waals surface area contributed by atoms with E-state index in [1.165, 1.54) is 7.11 Å². The van der Waals surface area contributed by atoms with E-state index < -0.39 is 31.4 Å². The van der Waals surface area contributed by atoms with Gasteiger partial charge in [-0.2, -0.15) is 0 Å². The number of ether oxygens (including phenoxy) is 3. The SMILES string of the molecule is [B][C@@H]1O[C@]2(COC)COC1C2OP(C)(=O)O. The van der Waals surface area contributed by atoms with E-state index in [0.717, 1.165) is 6.66 Å². The highest BCUT2D eigenvalue weighted by Crippen LogP contribution is 2.49. The Hall–Kier alpha value is 0.0949. The first kappa shape index (κ1) is 12.5. The molecule has 16 heavy (non-hydrogen) atoms. The molecule has 90 valence electrons. The van der Waals surface area contributed by atoms with Crippen LogP contribution in [0, 0.1) is 0 Å². The molecule has 1 N–H and O–H groups in total. The number of hydrogen-bond donors (Lipinski definition) is 1. The number of fused-ring (bicyclic) bond motifs is 2. The third kappa shape index (κ3) is 2.08. The Morgan fingerprint density at radius 1 is 1.69 bits per heavy atom. The smallest absolute Gasteiger partial charge is 0.325 e. The molecule has 2 rings (SSSR count). The van der Waals surface area contributed by atoms with E-state index in [0.29, 0.717) is 0 Å². The van der Waals surface area contributed by atoms with Gasteiger partial charge in [0.25, 0.3) is 0 Å². The van der Waals surface area contributed by atoms with Crippen LogP contribution in [-0.2, 0) is 23.3 Å². The van der Waals surface area contributed by atoms with Gasteiger partial charge >= 0.3 is 7.60 Å². The van der Waals surface area contributed by atoms with Gasteiger partial charge in [-0.25, -0.2) is 0 Å². The average molecular weight is 248 g/mol. The second-order valence-electron chi connectivity index (χ2n) is 4.18. The normalized spacial score (nSPS) is 45.8. The van der Waals surface area contributed by atoms with Crippen LogP contribution in [0.25, 0.3) is 0 Å². The van der Waals surface area contributed by atoms with Gasteiger partial charge in [-0.15, -0.1) is 0 Å². The first-order valence-corrected chi connectivity index (χ1v) is 6.93. The molecule has 0 aromatic rings. The fourth-order valence-corrected chi connectivity index (χ4v) is 2.91. The molecule has 2 heterocycles. The molecular weight excluding hydrogens is 234 g/mol. The van der Waals surface area contributed by atoms with Crippen molar-refractivity contribution >= 4 is 15.4 Å². The van der Waals surface area contributed by atoms with Gasteiger partial charge in [0.05, 0.1) is 13.2 Å². The summed E-state index contributed by atoms with van der Waals surface area (Å²) in [6.07, 6.45) is -1.18. The van der Waals surface area contributed by atoms with E-state index in [-0.39, 0.29) is 13.2 Å². The van der Waals surface area contributed by atoms with Crippen molar-refractivity contribution in [1.82, 2.24) is 0 Å². The molecule has 2 fully saturated rings. The molecule has 0 aromatic heterocycles. The zero-order valence-corrected chi connectivity index (χ0v) is 10.1. The molecule has 3 unspecified atom stereocenters. The molecule has 0 aromatic carbocycles. The Labute approximate surface area is 95.1 Å². The van der Waals surface area contributed by atoms with Crippen LogP contribution in [0.3, 0.4) is 0 Å². The molecular formula is C8H14BO6P. The topological polar surface area (TPSA) is 74.2 Å². The second kappa shape index (κ2) is 4.08. The van der Waals surface area contributed by atoms with Crippen LogP contribution in [0.4, 0.5) is 0 Å². The summed E-state index contributed by atoms with van der Waals surface area (Å²) >= 11 is 0. The highest BCUT2D eigenvalue weighted by atomic mass is 31.2. The van der Waals surface area contributed by atoms with Gasteiger partial charge in [0.2, 0.25) is 0 Å². The van der Waals surface area contributed by atoms with Gasteiger partial charge in [-0.1, -0.05) is 0 Å². The molecule has 2 aliphatic heterocycles. The zero-order chi connectivity index (χ0) is 12.0. The first-order valence-electron chi connectivity index (χ1n) is 4.90. The molecule has 2 radical (unpaired) electrons. The van der Waals surface area contributed by atoms with Crippen LogP contribution in [-0.4, -0.2) is 63.5 Å². The summed E-state index contributed by atoms with van der Waals surface area (Å²) in [7, 11) is 3.59. The van der Waals surface area contributed by atoms with Crippen LogP contribution in [0.5, 0.6) is 0 Å². The van der Waals surface area contributed by atoms with Gasteiger partial charge in [0.1, 0.15) is 25.7 Å². The van der Waals surface area contributed by atoms with Crippen molar-refractivity contribution in [2.24, 2.45) is 0 Å². The van der Waals surface area contributed by atoms with Crippen molar-refractivity contribution < 1.29 is 28.2 Å². The monoisotopic (exact) mass is 248 g/mol. The van der Waals surface area contributed by atoms with Gasteiger partial charge in [0.15, 0.2) is 0 Å². The van der Waals surface area contributed by atoms with Crippen LogP contribution >= 0.6 is 7.60 Å². The third-order valence-electron chi connectivity index (χ3n) is 2.73. The quantitative estimate of drug-likeness (QED) is 0.533. The van der Waals surface area contributed by atoms with Crippen LogP contribution < -0.4 is 0 Å². The van der Waals surface area contributed by atoms with Crippen molar-refractivity contribution in [3.63, 3.8) is 0 Å². The van der Waals surface area contributed by atoms with Gasteiger partial charge < -0.3 is 19.1 Å². The Balaban J connectivity index is 2.19. The lowest BCUT2D eigenvalue weighted by atomic mass is 9.92. The van der Waals surface area contributed by atoms with E-state index in [1.54, 1.807) is 0 Å². The van der Waals surface area contributed by atoms with Crippen molar-refractivity contribution in [2.75, 3.05) is 27.0 Å². The largest absolute Gasteiger partial charge is 0.381 e. The lowest BCUT2D eigenvalue weighted by Crippen LogP contribution is -2.45. The summed E-state index contributed by atoms with van der Waals surface area (Å²) in [5.41, 5.74) is -0.868. The van der Waals surface area contributed by atoms with Crippen molar-refractivity contribution in [3.05, 3.63) is 0 Å². The van der Waals surface area contributed by atoms with E-state index in [1.807, 2.05) is 0 Å². The fraction of sp³-hybridized carbons (Fsp3) is 1.00. The summed E-state index contributed by atoms with van der Waals surface area (Å²) in [6, 6.07) is -0.652. The predicted octanol–water partition coefficient (Wildman–Crippen LogP) is -0.504. The lowest BCUT2D eigenvalue weighted by molar-refractivity contribution is -0.141. The maximum absolute atomic E-state index is 11.3. The molecule has 8 heteroatoms.